The first kappa shape index (κ1) is 18.7. The monoisotopic (exact) mass is 396 g/mol. The molecule has 2 aliphatic rings. The molecule has 1 aromatic carbocycles. The molecule has 6 nitrogen and oxygen atoms in total. The molecule has 0 saturated carbocycles. The predicted molar refractivity (Wildman–Crippen MR) is 112 cm³/mol. The van der Waals surface area contributed by atoms with Gasteiger partial charge in [-0.05, 0) is 48.8 Å². The number of hydrogen-bond acceptors (Lipinski definition) is 4. The highest BCUT2D eigenvalue weighted by Crippen LogP contribution is 2.38. The SMILES string of the molecule is C[C@@H]1C[C@@H](CC(=O)NCC2Cc3cccc(-c4ccncc4)c3O2)NC(=S)N1. The van der Waals surface area contributed by atoms with Gasteiger partial charge in [-0.25, -0.2) is 0 Å². The van der Waals surface area contributed by atoms with Crippen molar-refractivity contribution in [3.8, 4) is 16.9 Å². The summed E-state index contributed by atoms with van der Waals surface area (Å²) in [5.41, 5.74) is 3.32. The fourth-order valence-electron chi connectivity index (χ4n) is 3.86. The second kappa shape index (κ2) is 8.14. The maximum Gasteiger partial charge on any atom is 0.222 e. The van der Waals surface area contributed by atoms with E-state index in [1.165, 1.54) is 5.56 Å². The van der Waals surface area contributed by atoms with E-state index in [0.717, 1.165) is 29.7 Å². The topological polar surface area (TPSA) is 75.3 Å². The minimum atomic E-state index is -0.0529. The average Bonchev–Trinajstić information content (AvgIpc) is 3.09. The van der Waals surface area contributed by atoms with Crippen molar-refractivity contribution in [1.29, 1.82) is 0 Å². The first-order valence-corrected chi connectivity index (χ1v) is 10.0. The molecular formula is C21H24N4O2S. The molecule has 1 fully saturated rings. The number of carbonyl (C=O) groups excluding carboxylic acids is 1. The van der Waals surface area contributed by atoms with Crippen molar-refractivity contribution in [2.45, 2.75) is 44.4 Å². The summed E-state index contributed by atoms with van der Waals surface area (Å²) in [6.45, 7) is 2.57. The van der Waals surface area contributed by atoms with Gasteiger partial charge in [0.2, 0.25) is 5.91 Å². The number of nitrogens with one attached hydrogen (secondary N) is 3. The highest BCUT2D eigenvalue weighted by Gasteiger charge is 2.27. The van der Waals surface area contributed by atoms with E-state index in [-0.39, 0.29) is 24.1 Å². The molecule has 1 aromatic heterocycles. The fourth-order valence-corrected chi connectivity index (χ4v) is 4.23. The quantitative estimate of drug-likeness (QED) is 0.673. The Morgan fingerprint density at radius 3 is 2.89 bits per heavy atom. The maximum atomic E-state index is 12.4. The lowest BCUT2D eigenvalue weighted by molar-refractivity contribution is -0.121. The number of ether oxygens (including phenoxy) is 1. The van der Waals surface area contributed by atoms with Crippen LogP contribution in [0.5, 0.6) is 5.75 Å². The predicted octanol–water partition coefficient (Wildman–Crippen LogP) is 2.18. The van der Waals surface area contributed by atoms with E-state index >= 15 is 0 Å². The van der Waals surface area contributed by atoms with Crippen molar-refractivity contribution in [3.05, 3.63) is 48.3 Å². The van der Waals surface area contributed by atoms with Crippen molar-refractivity contribution in [2.75, 3.05) is 6.54 Å². The summed E-state index contributed by atoms with van der Waals surface area (Å²) in [6, 6.07) is 10.5. The van der Waals surface area contributed by atoms with E-state index in [4.69, 9.17) is 17.0 Å². The summed E-state index contributed by atoms with van der Waals surface area (Å²) in [6.07, 6.45) is 5.58. The Hall–Kier alpha value is -2.67. The van der Waals surface area contributed by atoms with E-state index in [2.05, 4.69) is 40.0 Å². The third-order valence-corrected chi connectivity index (χ3v) is 5.37. The minimum Gasteiger partial charge on any atom is -0.487 e. The van der Waals surface area contributed by atoms with Gasteiger partial charge in [0.15, 0.2) is 5.11 Å². The summed E-state index contributed by atoms with van der Waals surface area (Å²) in [7, 11) is 0. The molecule has 4 rings (SSSR count). The molecule has 1 unspecified atom stereocenters. The molecule has 2 aliphatic heterocycles. The standard InChI is InChI=1S/C21H24N4O2S/c1-13-9-16(25-21(28)24-13)11-19(26)23-12-17-10-15-3-2-4-18(20(15)27-17)14-5-7-22-8-6-14/h2-8,13,16-17H,9-12H2,1H3,(H,23,26)(H2,24,25,28)/t13-,16+,17?/m1/s1. The first-order chi connectivity index (χ1) is 13.6. The summed E-state index contributed by atoms with van der Waals surface area (Å²) in [5.74, 6) is 0.926. The van der Waals surface area contributed by atoms with E-state index in [1.54, 1.807) is 12.4 Å². The zero-order chi connectivity index (χ0) is 19.5. The van der Waals surface area contributed by atoms with E-state index in [1.807, 2.05) is 18.2 Å². The fraction of sp³-hybridized carbons (Fsp3) is 0.381. The lowest BCUT2D eigenvalue weighted by atomic mass is 10.0. The highest BCUT2D eigenvalue weighted by atomic mass is 32.1. The number of pyridine rings is 1. The number of amides is 1. The van der Waals surface area contributed by atoms with Gasteiger partial charge in [0.1, 0.15) is 11.9 Å². The summed E-state index contributed by atoms with van der Waals surface area (Å²) < 4.78 is 6.19. The molecule has 0 aliphatic carbocycles. The number of aromatic nitrogens is 1. The van der Waals surface area contributed by atoms with Gasteiger partial charge in [-0.15, -0.1) is 0 Å². The largest absolute Gasteiger partial charge is 0.487 e. The average molecular weight is 397 g/mol. The van der Waals surface area contributed by atoms with E-state index in [9.17, 15) is 4.79 Å². The molecule has 146 valence electrons. The second-order valence-electron chi connectivity index (χ2n) is 7.43. The van der Waals surface area contributed by atoms with Crippen LogP contribution in [0.2, 0.25) is 0 Å². The normalized spacial score (nSPS) is 23.2. The Kier molecular flexibility index (Phi) is 5.43. The smallest absolute Gasteiger partial charge is 0.222 e. The molecule has 3 atom stereocenters. The molecule has 0 spiro atoms. The van der Waals surface area contributed by atoms with E-state index < -0.39 is 0 Å². The van der Waals surface area contributed by atoms with Gasteiger partial charge < -0.3 is 20.7 Å². The van der Waals surface area contributed by atoms with Gasteiger partial charge in [0.05, 0.1) is 6.54 Å². The molecule has 0 radical (unpaired) electrons. The van der Waals surface area contributed by atoms with Gasteiger partial charge in [-0.2, -0.15) is 0 Å². The molecule has 0 bridgehead atoms. The Morgan fingerprint density at radius 2 is 2.11 bits per heavy atom. The summed E-state index contributed by atoms with van der Waals surface area (Å²) >= 11 is 5.18. The third-order valence-electron chi connectivity index (χ3n) is 5.13. The lowest BCUT2D eigenvalue weighted by Crippen LogP contribution is -2.54. The van der Waals surface area contributed by atoms with Crippen LogP contribution in [0, 0.1) is 0 Å². The van der Waals surface area contributed by atoms with Crippen LogP contribution in [0.25, 0.3) is 11.1 Å². The Balaban J connectivity index is 1.33. The number of benzene rings is 1. The molecule has 28 heavy (non-hydrogen) atoms. The number of nitrogens with zero attached hydrogens (tertiary/aromatic N) is 1. The molecule has 1 saturated heterocycles. The third kappa shape index (κ3) is 4.25. The van der Waals surface area contributed by atoms with Crippen molar-refractivity contribution in [2.24, 2.45) is 0 Å². The molecular weight excluding hydrogens is 372 g/mol. The highest BCUT2D eigenvalue weighted by molar-refractivity contribution is 7.80. The van der Waals surface area contributed by atoms with Crippen LogP contribution in [0.1, 0.15) is 25.3 Å². The molecule has 1 amide bonds. The van der Waals surface area contributed by atoms with Crippen LogP contribution < -0.4 is 20.7 Å². The van der Waals surface area contributed by atoms with Gasteiger partial charge in [0.25, 0.3) is 0 Å². The Bertz CT molecular complexity index is 874. The van der Waals surface area contributed by atoms with Crippen LogP contribution >= 0.6 is 12.2 Å². The number of para-hydroxylation sites is 1. The zero-order valence-corrected chi connectivity index (χ0v) is 16.6. The molecule has 2 aromatic rings. The van der Waals surface area contributed by atoms with Crippen LogP contribution in [-0.4, -0.2) is 40.7 Å². The number of carbonyl (C=O) groups is 1. The number of fused-ring (bicyclic) bond motifs is 1. The van der Waals surface area contributed by atoms with Crippen LogP contribution in [-0.2, 0) is 11.2 Å². The van der Waals surface area contributed by atoms with Gasteiger partial charge >= 0.3 is 0 Å². The minimum absolute atomic E-state index is 0.0170. The van der Waals surface area contributed by atoms with Crippen molar-refractivity contribution in [3.63, 3.8) is 0 Å². The van der Waals surface area contributed by atoms with Crippen LogP contribution in [0.4, 0.5) is 0 Å². The van der Waals surface area contributed by atoms with Crippen molar-refractivity contribution < 1.29 is 9.53 Å². The number of rotatable bonds is 5. The maximum absolute atomic E-state index is 12.4. The van der Waals surface area contributed by atoms with Crippen LogP contribution in [0.3, 0.4) is 0 Å². The zero-order valence-electron chi connectivity index (χ0n) is 15.8. The van der Waals surface area contributed by atoms with Crippen molar-refractivity contribution >= 4 is 23.2 Å². The van der Waals surface area contributed by atoms with E-state index in [0.29, 0.717) is 18.1 Å². The first-order valence-electron chi connectivity index (χ1n) is 9.61. The lowest BCUT2D eigenvalue weighted by Gasteiger charge is -2.30. The Labute approximate surface area is 170 Å². The molecule has 7 heteroatoms. The van der Waals surface area contributed by atoms with Gasteiger partial charge in [-0.1, -0.05) is 18.2 Å². The molecule has 3 N–H and O–H groups in total. The van der Waals surface area contributed by atoms with Crippen molar-refractivity contribution in [1.82, 2.24) is 20.9 Å². The molecule has 3 heterocycles. The van der Waals surface area contributed by atoms with Crippen LogP contribution in [0.15, 0.2) is 42.7 Å². The number of hydrogen-bond donors (Lipinski definition) is 3. The number of thiocarbonyl (C=S) groups is 1. The summed E-state index contributed by atoms with van der Waals surface area (Å²) in [4.78, 5) is 16.4. The van der Waals surface area contributed by atoms with Gasteiger partial charge in [0, 0.05) is 42.9 Å². The van der Waals surface area contributed by atoms with Gasteiger partial charge in [-0.3, -0.25) is 9.78 Å². The summed E-state index contributed by atoms with van der Waals surface area (Å²) in [5, 5.41) is 9.96. The second-order valence-corrected chi connectivity index (χ2v) is 7.84. The Morgan fingerprint density at radius 1 is 1.29 bits per heavy atom.